The summed E-state index contributed by atoms with van der Waals surface area (Å²) in [6, 6.07) is 21.6. The fourth-order valence-corrected chi connectivity index (χ4v) is 6.08. The lowest BCUT2D eigenvalue weighted by Gasteiger charge is -2.06. The van der Waals surface area contributed by atoms with Crippen LogP contribution in [0, 0.1) is 0 Å². The van der Waals surface area contributed by atoms with Crippen LogP contribution in [0.1, 0.15) is 11.1 Å². The van der Waals surface area contributed by atoms with Gasteiger partial charge >= 0.3 is 0 Å². The summed E-state index contributed by atoms with van der Waals surface area (Å²) in [5, 5.41) is 4.84. The number of rotatable bonds is 6. The molecular formula is C25H19ClN2O3S2. The van der Waals surface area contributed by atoms with Gasteiger partial charge in [0.05, 0.1) is 11.3 Å². The number of nitrogens with one attached hydrogen (secondary N) is 1. The van der Waals surface area contributed by atoms with Gasteiger partial charge in [0.15, 0.2) is 0 Å². The summed E-state index contributed by atoms with van der Waals surface area (Å²) >= 11 is 7.87. The maximum atomic E-state index is 12.7. The number of halogens is 1. The largest absolute Gasteiger partial charge is 0.343 e. The van der Waals surface area contributed by atoms with Crippen LogP contribution in [0.25, 0.3) is 21.0 Å². The first-order valence-corrected chi connectivity index (χ1v) is 13.0. The predicted molar refractivity (Wildman–Crippen MR) is 133 cm³/mol. The van der Waals surface area contributed by atoms with Crippen molar-refractivity contribution in [2.75, 3.05) is 0 Å². The van der Waals surface area contributed by atoms with Crippen molar-refractivity contribution in [3.05, 3.63) is 101 Å². The van der Waals surface area contributed by atoms with Gasteiger partial charge in [-0.2, -0.15) is 0 Å². The van der Waals surface area contributed by atoms with E-state index in [1.165, 1.54) is 12.1 Å². The second kappa shape index (κ2) is 8.67. The van der Waals surface area contributed by atoms with Crippen molar-refractivity contribution < 1.29 is 13.2 Å². The monoisotopic (exact) mass is 494 g/mol. The van der Waals surface area contributed by atoms with Crippen LogP contribution < -0.4 is 4.72 Å². The third-order valence-corrected chi connectivity index (χ3v) is 8.12. The molecule has 0 unspecified atom stereocenters. The molecule has 0 saturated heterocycles. The number of sulfonamides is 1. The van der Waals surface area contributed by atoms with Crippen LogP contribution in [0.4, 0.5) is 0 Å². The SMILES string of the molecule is O=C(Cc1cn(Cc2csc3ccc(Cl)cc23)c2ccccc12)NS(=O)(=O)c1ccccc1. The fourth-order valence-electron chi connectivity index (χ4n) is 3.97. The third-order valence-electron chi connectivity index (χ3n) is 5.48. The van der Waals surface area contributed by atoms with Gasteiger partial charge in [-0.05, 0) is 58.3 Å². The highest BCUT2D eigenvalue weighted by atomic mass is 35.5. The van der Waals surface area contributed by atoms with E-state index in [0.29, 0.717) is 11.6 Å². The molecule has 166 valence electrons. The summed E-state index contributed by atoms with van der Waals surface area (Å²) in [6.07, 6.45) is 1.88. The molecule has 0 saturated carbocycles. The van der Waals surface area contributed by atoms with Crippen molar-refractivity contribution in [3.63, 3.8) is 0 Å². The molecule has 0 fully saturated rings. The van der Waals surface area contributed by atoms with Gasteiger partial charge in [-0.15, -0.1) is 11.3 Å². The number of hydrogen-bond donors (Lipinski definition) is 1. The Morgan fingerprint density at radius 3 is 2.52 bits per heavy atom. The number of aromatic nitrogens is 1. The second-order valence-electron chi connectivity index (χ2n) is 7.72. The summed E-state index contributed by atoms with van der Waals surface area (Å²) < 4.78 is 30.5. The zero-order valence-electron chi connectivity index (χ0n) is 17.4. The summed E-state index contributed by atoms with van der Waals surface area (Å²) in [4.78, 5) is 12.7. The van der Waals surface area contributed by atoms with E-state index in [1.54, 1.807) is 29.5 Å². The van der Waals surface area contributed by atoms with Gasteiger partial charge in [-0.3, -0.25) is 4.79 Å². The molecule has 0 spiro atoms. The van der Waals surface area contributed by atoms with Crippen molar-refractivity contribution >= 4 is 59.9 Å². The number of benzene rings is 3. The number of hydrogen-bond acceptors (Lipinski definition) is 4. The Hall–Kier alpha value is -3.13. The number of amides is 1. The molecule has 2 heterocycles. The highest BCUT2D eigenvalue weighted by Crippen LogP contribution is 2.31. The molecule has 0 atom stereocenters. The fraction of sp³-hybridized carbons (Fsp3) is 0.0800. The van der Waals surface area contributed by atoms with Crippen LogP contribution in [0.5, 0.6) is 0 Å². The molecule has 5 rings (SSSR count). The lowest BCUT2D eigenvalue weighted by molar-refractivity contribution is -0.118. The van der Waals surface area contributed by atoms with Gasteiger partial charge < -0.3 is 4.57 Å². The van der Waals surface area contributed by atoms with Crippen LogP contribution in [0.15, 0.2) is 89.3 Å². The summed E-state index contributed by atoms with van der Waals surface area (Å²) in [5.41, 5.74) is 2.89. The third kappa shape index (κ3) is 4.39. The van der Waals surface area contributed by atoms with E-state index >= 15 is 0 Å². The van der Waals surface area contributed by atoms with E-state index in [0.717, 1.165) is 32.1 Å². The normalized spacial score (nSPS) is 11.8. The highest BCUT2D eigenvalue weighted by Gasteiger charge is 2.19. The van der Waals surface area contributed by atoms with Crippen LogP contribution >= 0.6 is 22.9 Å². The summed E-state index contributed by atoms with van der Waals surface area (Å²) in [6.45, 7) is 0.616. The van der Waals surface area contributed by atoms with Crippen LogP contribution in [0.3, 0.4) is 0 Å². The first kappa shape index (κ1) is 21.7. The van der Waals surface area contributed by atoms with Gasteiger partial charge in [-0.1, -0.05) is 48.0 Å². The molecule has 3 aromatic carbocycles. The zero-order valence-corrected chi connectivity index (χ0v) is 19.8. The Kier molecular flexibility index (Phi) is 5.70. The first-order chi connectivity index (χ1) is 15.9. The molecule has 0 aliphatic carbocycles. The van der Waals surface area contributed by atoms with E-state index in [1.807, 2.05) is 48.7 Å². The van der Waals surface area contributed by atoms with E-state index < -0.39 is 15.9 Å². The van der Waals surface area contributed by atoms with Crippen molar-refractivity contribution in [1.29, 1.82) is 0 Å². The molecule has 1 amide bonds. The molecule has 1 N–H and O–H groups in total. The van der Waals surface area contributed by atoms with Gasteiger partial charge in [0.25, 0.3) is 10.0 Å². The van der Waals surface area contributed by atoms with Crippen molar-refractivity contribution in [2.24, 2.45) is 0 Å². The Morgan fingerprint density at radius 2 is 1.70 bits per heavy atom. The number of fused-ring (bicyclic) bond motifs is 2. The Morgan fingerprint density at radius 1 is 0.939 bits per heavy atom. The van der Waals surface area contributed by atoms with Gasteiger partial charge in [0.1, 0.15) is 0 Å². The topological polar surface area (TPSA) is 68.2 Å². The average molecular weight is 495 g/mol. The summed E-state index contributed by atoms with van der Waals surface area (Å²) in [7, 11) is -3.91. The zero-order chi connectivity index (χ0) is 23.0. The predicted octanol–water partition coefficient (Wildman–Crippen LogP) is 5.61. The Balaban J connectivity index is 1.44. The standard InChI is InChI=1S/C25H19ClN2O3S2/c26-19-10-11-24-22(13-19)18(16-32-24)15-28-14-17(21-8-4-5-9-23(21)28)12-25(29)27-33(30,31)20-6-2-1-3-7-20/h1-11,13-14,16H,12,15H2,(H,27,29). The number of para-hydroxylation sites is 1. The number of carbonyl (C=O) groups excluding carboxylic acids is 1. The molecular weight excluding hydrogens is 476 g/mol. The maximum Gasteiger partial charge on any atom is 0.264 e. The minimum atomic E-state index is -3.91. The molecule has 0 aliphatic heterocycles. The number of nitrogens with zero attached hydrogens (tertiary/aromatic N) is 1. The van der Waals surface area contributed by atoms with Gasteiger partial charge in [-0.25, -0.2) is 13.1 Å². The first-order valence-electron chi connectivity index (χ1n) is 10.2. The average Bonchev–Trinajstić information content (AvgIpc) is 3.35. The lowest BCUT2D eigenvalue weighted by Crippen LogP contribution is -2.31. The molecule has 0 radical (unpaired) electrons. The summed E-state index contributed by atoms with van der Waals surface area (Å²) in [5.74, 6) is -0.575. The van der Waals surface area contributed by atoms with Crippen LogP contribution in [0.2, 0.25) is 5.02 Å². The van der Waals surface area contributed by atoms with Gasteiger partial charge in [0.2, 0.25) is 5.91 Å². The van der Waals surface area contributed by atoms with E-state index in [9.17, 15) is 13.2 Å². The Labute approximate surface area is 200 Å². The molecule has 8 heteroatoms. The molecule has 33 heavy (non-hydrogen) atoms. The smallest absolute Gasteiger partial charge is 0.264 e. The molecule has 0 bridgehead atoms. The van der Waals surface area contributed by atoms with E-state index in [2.05, 4.69) is 14.7 Å². The minimum absolute atomic E-state index is 0.0458. The van der Waals surface area contributed by atoms with Crippen molar-refractivity contribution in [1.82, 2.24) is 9.29 Å². The highest BCUT2D eigenvalue weighted by molar-refractivity contribution is 7.90. The lowest BCUT2D eigenvalue weighted by atomic mass is 10.1. The molecule has 5 aromatic rings. The molecule has 0 aliphatic rings. The number of carbonyl (C=O) groups is 1. The van der Waals surface area contributed by atoms with Crippen molar-refractivity contribution in [2.45, 2.75) is 17.9 Å². The Bertz CT molecular complexity index is 1590. The van der Waals surface area contributed by atoms with Crippen LogP contribution in [-0.2, 0) is 27.8 Å². The van der Waals surface area contributed by atoms with E-state index in [-0.39, 0.29) is 11.3 Å². The minimum Gasteiger partial charge on any atom is -0.343 e. The quantitative estimate of drug-likeness (QED) is 0.334. The van der Waals surface area contributed by atoms with Gasteiger partial charge in [0, 0.05) is 33.4 Å². The second-order valence-corrected chi connectivity index (χ2v) is 10.7. The molecule has 2 aromatic heterocycles. The van der Waals surface area contributed by atoms with Crippen molar-refractivity contribution in [3.8, 4) is 0 Å². The molecule has 5 nitrogen and oxygen atoms in total. The number of thiophene rings is 1. The maximum absolute atomic E-state index is 12.7. The van der Waals surface area contributed by atoms with E-state index in [4.69, 9.17) is 11.6 Å². The van der Waals surface area contributed by atoms with Crippen LogP contribution in [-0.4, -0.2) is 18.9 Å².